The lowest BCUT2D eigenvalue weighted by Crippen LogP contribution is -2.67. The first-order valence-electron chi connectivity index (χ1n) is 7.41. The second-order valence-corrected chi connectivity index (χ2v) is 10.5. The highest BCUT2D eigenvalue weighted by Gasteiger charge is 2.38. The van der Waals surface area contributed by atoms with Crippen molar-refractivity contribution in [3.63, 3.8) is 0 Å². The fourth-order valence-corrected chi connectivity index (χ4v) is 6.81. The van der Waals surface area contributed by atoms with Gasteiger partial charge >= 0.3 is 0 Å². The highest BCUT2D eigenvalue weighted by atomic mass is 28.3. The van der Waals surface area contributed by atoms with Crippen LogP contribution in [-0.2, 0) is 0 Å². The number of benzene rings is 2. The molecule has 20 heavy (non-hydrogen) atoms. The zero-order chi connectivity index (χ0) is 14.6. The van der Waals surface area contributed by atoms with Crippen LogP contribution in [0.5, 0.6) is 0 Å². The van der Waals surface area contributed by atoms with Crippen LogP contribution in [-0.4, -0.2) is 13.7 Å². The molecule has 0 aromatic heterocycles. The van der Waals surface area contributed by atoms with Crippen molar-refractivity contribution in [1.29, 1.82) is 0 Å². The Morgan fingerprint density at radius 2 is 1.25 bits per heavy atom. The Kier molecular flexibility index (Phi) is 4.79. The van der Waals surface area contributed by atoms with Crippen molar-refractivity contribution in [2.45, 2.75) is 32.5 Å². The Hall–Kier alpha value is -1.38. The average Bonchev–Trinajstić information content (AvgIpc) is 2.47. The molecule has 106 valence electrons. The summed E-state index contributed by atoms with van der Waals surface area (Å²) in [5, 5.41) is 2.86. The molecular weight excluding hydrogens is 258 g/mol. The first-order valence-corrected chi connectivity index (χ1v) is 9.99. The smallest absolute Gasteiger partial charge is 0.131 e. The van der Waals surface area contributed by atoms with Crippen LogP contribution in [0.2, 0.25) is 6.55 Å². The van der Waals surface area contributed by atoms with Gasteiger partial charge in [0.15, 0.2) is 0 Å². The summed E-state index contributed by atoms with van der Waals surface area (Å²) in [6.07, 6.45) is 1.08. The van der Waals surface area contributed by atoms with Gasteiger partial charge in [0, 0.05) is 5.67 Å². The second-order valence-electron chi connectivity index (χ2n) is 6.17. The van der Waals surface area contributed by atoms with Crippen molar-refractivity contribution in [3.05, 3.63) is 60.7 Å². The molecule has 2 aromatic carbocycles. The maximum atomic E-state index is 6.68. The summed E-state index contributed by atoms with van der Waals surface area (Å²) in [4.78, 5) is 0. The maximum Gasteiger partial charge on any atom is 0.131 e. The Balaban J connectivity index is 2.49. The summed E-state index contributed by atoms with van der Waals surface area (Å²) in [6, 6.07) is 21.7. The molecule has 2 heteroatoms. The Bertz CT molecular complexity index is 482. The zero-order valence-corrected chi connectivity index (χ0v) is 13.7. The quantitative estimate of drug-likeness (QED) is 0.839. The molecule has 0 heterocycles. The van der Waals surface area contributed by atoms with Crippen molar-refractivity contribution in [1.82, 2.24) is 0 Å². The van der Waals surface area contributed by atoms with Crippen LogP contribution in [0, 0.1) is 5.92 Å². The lowest BCUT2D eigenvalue weighted by Gasteiger charge is -2.35. The van der Waals surface area contributed by atoms with E-state index >= 15 is 0 Å². The van der Waals surface area contributed by atoms with Gasteiger partial charge in [-0.15, -0.1) is 0 Å². The van der Waals surface area contributed by atoms with Crippen LogP contribution in [0.15, 0.2) is 60.7 Å². The topological polar surface area (TPSA) is 26.0 Å². The van der Waals surface area contributed by atoms with Crippen LogP contribution >= 0.6 is 0 Å². The first kappa shape index (κ1) is 15.0. The largest absolute Gasteiger partial charge is 0.329 e. The maximum absolute atomic E-state index is 6.68. The van der Waals surface area contributed by atoms with Crippen molar-refractivity contribution in [3.8, 4) is 0 Å². The van der Waals surface area contributed by atoms with Gasteiger partial charge in [-0.25, -0.2) is 0 Å². The molecule has 0 spiro atoms. The van der Waals surface area contributed by atoms with Crippen LogP contribution in [0.4, 0.5) is 0 Å². The van der Waals surface area contributed by atoms with Crippen molar-refractivity contribution >= 4 is 18.4 Å². The van der Waals surface area contributed by atoms with Crippen molar-refractivity contribution in [2.24, 2.45) is 11.7 Å². The van der Waals surface area contributed by atoms with Crippen molar-refractivity contribution < 1.29 is 0 Å². The van der Waals surface area contributed by atoms with Gasteiger partial charge in [-0.05, 0) is 12.3 Å². The van der Waals surface area contributed by atoms with E-state index in [2.05, 4.69) is 81.1 Å². The molecule has 1 unspecified atom stereocenters. The Morgan fingerprint density at radius 1 is 0.850 bits per heavy atom. The van der Waals surface area contributed by atoms with E-state index in [0.29, 0.717) is 5.92 Å². The molecule has 0 bridgehead atoms. The third-order valence-electron chi connectivity index (χ3n) is 4.21. The molecule has 1 nitrogen and oxygen atoms in total. The van der Waals surface area contributed by atoms with Crippen LogP contribution in [0.1, 0.15) is 20.3 Å². The molecule has 2 rings (SSSR count). The van der Waals surface area contributed by atoms with E-state index in [1.165, 1.54) is 10.4 Å². The third kappa shape index (κ3) is 3.02. The van der Waals surface area contributed by atoms with Crippen LogP contribution in [0.3, 0.4) is 0 Å². The number of hydrogen-bond donors (Lipinski definition) is 1. The molecule has 0 aliphatic carbocycles. The molecule has 0 aliphatic rings. The first-order chi connectivity index (χ1) is 9.55. The van der Waals surface area contributed by atoms with E-state index in [1.54, 1.807) is 0 Å². The highest BCUT2D eigenvalue weighted by Crippen LogP contribution is 2.15. The van der Waals surface area contributed by atoms with Gasteiger partial charge in [0.1, 0.15) is 8.07 Å². The van der Waals surface area contributed by atoms with E-state index in [1.807, 2.05) is 0 Å². The third-order valence-corrected chi connectivity index (χ3v) is 9.00. The van der Waals surface area contributed by atoms with Crippen LogP contribution < -0.4 is 16.1 Å². The second kappa shape index (κ2) is 6.38. The van der Waals surface area contributed by atoms with E-state index in [-0.39, 0.29) is 5.67 Å². The predicted octanol–water partition coefficient (Wildman–Crippen LogP) is 2.79. The fourth-order valence-electron chi connectivity index (χ4n) is 2.91. The minimum atomic E-state index is -1.89. The van der Waals surface area contributed by atoms with Gasteiger partial charge in [-0.2, -0.15) is 0 Å². The monoisotopic (exact) mass is 283 g/mol. The molecule has 1 atom stereocenters. The Labute approximate surface area is 123 Å². The number of hydrogen-bond acceptors (Lipinski definition) is 1. The summed E-state index contributed by atoms with van der Waals surface area (Å²) in [5.74, 6) is 0.629. The van der Waals surface area contributed by atoms with Gasteiger partial charge in [0.2, 0.25) is 0 Å². The summed E-state index contributed by atoms with van der Waals surface area (Å²) in [5.41, 5.74) is 6.92. The minimum Gasteiger partial charge on any atom is -0.329 e. The number of rotatable bonds is 5. The molecule has 0 saturated heterocycles. The summed E-state index contributed by atoms with van der Waals surface area (Å²) in [6.45, 7) is 6.92. The summed E-state index contributed by atoms with van der Waals surface area (Å²) in [7, 11) is -1.89. The SMILES string of the molecule is CC(C)CC(N)[Si](C)(c1ccccc1)c1ccccc1. The molecule has 2 aromatic rings. The van der Waals surface area contributed by atoms with Crippen LogP contribution in [0.25, 0.3) is 0 Å². The number of nitrogens with two attached hydrogens (primary N) is 1. The Morgan fingerprint density at radius 3 is 1.60 bits per heavy atom. The van der Waals surface area contributed by atoms with Gasteiger partial charge in [0.05, 0.1) is 0 Å². The van der Waals surface area contributed by atoms with Crippen molar-refractivity contribution in [2.75, 3.05) is 0 Å². The lowest BCUT2D eigenvalue weighted by atomic mass is 10.1. The molecule has 0 fully saturated rings. The zero-order valence-electron chi connectivity index (χ0n) is 12.7. The summed E-state index contributed by atoms with van der Waals surface area (Å²) < 4.78 is 0. The van der Waals surface area contributed by atoms with Gasteiger partial charge < -0.3 is 5.73 Å². The molecule has 0 radical (unpaired) electrons. The fraction of sp³-hybridized carbons (Fsp3) is 0.333. The van der Waals surface area contributed by atoms with E-state index in [4.69, 9.17) is 5.73 Å². The normalized spacial score (nSPS) is 13.4. The molecule has 0 amide bonds. The molecule has 0 saturated carbocycles. The van der Waals surface area contributed by atoms with E-state index in [0.717, 1.165) is 6.42 Å². The predicted molar refractivity (Wildman–Crippen MR) is 91.2 cm³/mol. The molecule has 0 aliphatic heterocycles. The van der Waals surface area contributed by atoms with Gasteiger partial charge in [-0.3, -0.25) is 0 Å². The van der Waals surface area contributed by atoms with E-state index < -0.39 is 8.07 Å². The molecular formula is C18H25NSi. The standard InChI is InChI=1S/C18H25NSi/c1-15(2)14-18(19)20(3,16-10-6-4-7-11-16)17-12-8-5-9-13-17/h4-13,15,18H,14,19H2,1-3H3. The average molecular weight is 283 g/mol. The van der Waals surface area contributed by atoms with Gasteiger partial charge in [-0.1, -0.05) is 91.4 Å². The van der Waals surface area contributed by atoms with Gasteiger partial charge in [0.25, 0.3) is 0 Å². The summed E-state index contributed by atoms with van der Waals surface area (Å²) >= 11 is 0. The highest BCUT2D eigenvalue weighted by molar-refractivity contribution is 7.02. The lowest BCUT2D eigenvalue weighted by molar-refractivity contribution is 0.563. The molecule has 2 N–H and O–H groups in total. The minimum absolute atomic E-state index is 0.243. The van der Waals surface area contributed by atoms with E-state index in [9.17, 15) is 0 Å².